The summed E-state index contributed by atoms with van der Waals surface area (Å²) in [5, 5.41) is 4.04. The molecule has 0 bridgehead atoms. The average Bonchev–Trinajstić information content (AvgIpc) is 2.98. The molecule has 0 aliphatic rings. The van der Waals surface area contributed by atoms with Gasteiger partial charge >= 0.3 is 6.61 Å². The SMILES string of the molecule is CC(CNS(=O)(=O)c1ccccc1OC(F)F)Cn1cccn1. The molecular formula is C14H17F2N3O3S. The topological polar surface area (TPSA) is 73.2 Å². The van der Waals surface area contributed by atoms with Gasteiger partial charge in [-0.05, 0) is 24.1 Å². The van der Waals surface area contributed by atoms with Crippen LogP contribution in [0.15, 0.2) is 47.6 Å². The fourth-order valence-electron chi connectivity index (χ4n) is 1.99. The molecule has 1 atom stereocenters. The molecule has 0 aliphatic heterocycles. The van der Waals surface area contributed by atoms with Crippen LogP contribution >= 0.6 is 0 Å². The van der Waals surface area contributed by atoms with Crippen LogP contribution in [0.2, 0.25) is 0 Å². The van der Waals surface area contributed by atoms with Crippen LogP contribution < -0.4 is 9.46 Å². The maximum Gasteiger partial charge on any atom is 0.387 e. The first kappa shape index (κ1) is 17.4. The molecule has 0 saturated heterocycles. The quantitative estimate of drug-likeness (QED) is 0.795. The molecule has 126 valence electrons. The second-order valence-corrected chi connectivity index (χ2v) is 6.75. The number of halogens is 2. The Morgan fingerprint density at radius 3 is 2.70 bits per heavy atom. The van der Waals surface area contributed by atoms with Gasteiger partial charge in [0.15, 0.2) is 0 Å². The largest absolute Gasteiger partial charge is 0.433 e. The zero-order chi connectivity index (χ0) is 16.9. The van der Waals surface area contributed by atoms with Crippen molar-refractivity contribution in [3.8, 4) is 5.75 Å². The lowest BCUT2D eigenvalue weighted by Gasteiger charge is -2.15. The number of alkyl halides is 2. The van der Waals surface area contributed by atoms with E-state index in [2.05, 4.69) is 14.6 Å². The van der Waals surface area contributed by atoms with Crippen LogP contribution in [0.1, 0.15) is 6.92 Å². The molecule has 0 radical (unpaired) electrons. The molecule has 1 aromatic carbocycles. The summed E-state index contributed by atoms with van der Waals surface area (Å²) in [6.07, 6.45) is 3.41. The van der Waals surface area contributed by atoms with Crippen molar-refractivity contribution in [3.63, 3.8) is 0 Å². The minimum Gasteiger partial charge on any atom is -0.433 e. The number of benzene rings is 1. The van der Waals surface area contributed by atoms with E-state index in [4.69, 9.17) is 0 Å². The predicted molar refractivity (Wildman–Crippen MR) is 79.7 cm³/mol. The minimum atomic E-state index is -3.95. The number of aromatic nitrogens is 2. The third-order valence-electron chi connectivity index (χ3n) is 3.03. The van der Waals surface area contributed by atoms with Gasteiger partial charge in [0.25, 0.3) is 0 Å². The Morgan fingerprint density at radius 2 is 2.04 bits per heavy atom. The number of sulfonamides is 1. The van der Waals surface area contributed by atoms with Gasteiger partial charge in [-0.25, -0.2) is 13.1 Å². The van der Waals surface area contributed by atoms with Gasteiger partial charge in [-0.15, -0.1) is 0 Å². The van der Waals surface area contributed by atoms with E-state index in [0.29, 0.717) is 6.54 Å². The van der Waals surface area contributed by atoms with Crippen molar-refractivity contribution in [3.05, 3.63) is 42.7 Å². The summed E-state index contributed by atoms with van der Waals surface area (Å²) < 4.78 is 57.7. The summed E-state index contributed by atoms with van der Waals surface area (Å²) in [4.78, 5) is -0.313. The van der Waals surface area contributed by atoms with E-state index < -0.39 is 16.6 Å². The van der Waals surface area contributed by atoms with Gasteiger partial charge in [-0.1, -0.05) is 19.1 Å². The Kier molecular flexibility index (Phi) is 5.67. The van der Waals surface area contributed by atoms with Crippen LogP contribution in [0, 0.1) is 5.92 Å². The summed E-state index contributed by atoms with van der Waals surface area (Å²) in [5.74, 6) is -0.414. The van der Waals surface area contributed by atoms with Crippen LogP contribution in [0.5, 0.6) is 5.75 Å². The van der Waals surface area contributed by atoms with E-state index >= 15 is 0 Å². The lowest BCUT2D eigenvalue weighted by molar-refractivity contribution is -0.0517. The van der Waals surface area contributed by atoms with E-state index in [0.717, 1.165) is 0 Å². The van der Waals surface area contributed by atoms with Crippen LogP contribution in [0.4, 0.5) is 8.78 Å². The number of nitrogens with zero attached hydrogens (tertiary/aromatic N) is 2. The van der Waals surface area contributed by atoms with Crippen molar-refractivity contribution in [2.75, 3.05) is 6.54 Å². The molecule has 2 aromatic rings. The Morgan fingerprint density at radius 1 is 1.30 bits per heavy atom. The van der Waals surface area contributed by atoms with E-state index in [9.17, 15) is 17.2 Å². The summed E-state index contributed by atoms with van der Waals surface area (Å²) >= 11 is 0. The van der Waals surface area contributed by atoms with E-state index in [-0.39, 0.29) is 23.1 Å². The fourth-order valence-corrected chi connectivity index (χ4v) is 3.29. The van der Waals surface area contributed by atoms with Crippen molar-refractivity contribution in [2.24, 2.45) is 5.92 Å². The number of rotatable bonds is 8. The van der Waals surface area contributed by atoms with Crippen molar-refractivity contribution in [1.29, 1.82) is 0 Å². The molecule has 0 fully saturated rings. The van der Waals surface area contributed by atoms with E-state index in [1.54, 1.807) is 23.1 Å². The Balaban J connectivity index is 2.04. The highest BCUT2D eigenvalue weighted by Crippen LogP contribution is 2.24. The third kappa shape index (κ3) is 5.00. The van der Waals surface area contributed by atoms with Gasteiger partial charge in [0.1, 0.15) is 10.6 Å². The average molecular weight is 345 g/mol. The Labute approximate surface area is 133 Å². The molecule has 1 unspecified atom stereocenters. The zero-order valence-electron chi connectivity index (χ0n) is 12.4. The van der Waals surface area contributed by atoms with E-state index in [1.807, 2.05) is 6.92 Å². The van der Waals surface area contributed by atoms with E-state index in [1.165, 1.54) is 24.3 Å². The number of para-hydroxylation sites is 1. The second-order valence-electron chi connectivity index (χ2n) is 5.01. The van der Waals surface area contributed by atoms with Crippen LogP contribution in [-0.2, 0) is 16.6 Å². The predicted octanol–water partition coefficient (Wildman–Crippen LogP) is 2.10. The summed E-state index contributed by atoms with van der Waals surface area (Å²) in [5.41, 5.74) is 0. The molecule has 0 spiro atoms. The maximum absolute atomic E-state index is 12.4. The fraction of sp³-hybridized carbons (Fsp3) is 0.357. The van der Waals surface area contributed by atoms with Crippen molar-refractivity contribution < 1.29 is 21.9 Å². The van der Waals surface area contributed by atoms with Gasteiger partial charge in [0.05, 0.1) is 0 Å². The summed E-state index contributed by atoms with van der Waals surface area (Å²) in [6, 6.07) is 7.05. The third-order valence-corrected chi connectivity index (χ3v) is 4.50. The van der Waals surface area contributed by atoms with Gasteiger partial charge in [0, 0.05) is 25.5 Å². The number of hydrogen-bond acceptors (Lipinski definition) is 4. The first-order chi connectivity index (χ1) is 10.9. The van der Waals surface area contributed by atoms with Crippen LogP contribution in [-0.4, -0.2) is 31.4 Å². The number of ether oxygens (including phenoxy) is 1. The standard InChI is InChI=1S/C14H17F2N3O3S/c1-11(10-19-8-4-7-17-19)9-18-23(20,21)13-6-3-2-5-12(13)22-14(15)16/h2-8,11,14,18H,9-10H2,1H3. The first-order valence-corrected chi connectivity index (χ1v) is 8.38. The first-order valence-electron chi connectivity index (χ1n) is 6.89. The second kappa shape index (κ2) is 7.51. The highest BCUT2D eigenvalue weighted by Gasteiger charge is 2.21. The molecular weight excluding hydrogens is 328 g/mol. The molecule has 1 aromatic heterocycles. The molecule has 1 N–H and O–H groups in total. The monoisotopic (exact) mass is 345 g/mol. The Hall–Kier alpha value is -2.00. The van der Waals surface area contributed by atoms with Crippen molar-refractivity contribution in [2.45, 2.75) is 25.0 Å². The Bertz CT molecular complexity index is 721. The van der Waals surface area contributed by atoms with Crippen molar-refractivity contribution in [1.82, 2.24) is 14.5 Å². The van der Waals surface area contributed by atoms with Gasteiger partial charge < -0.3 is 4.74 Å². The molecule has 1 heterocycles. The zero-order valence-corrected chi connectivity index (χ0v) is 13.2. The highest BCUT2D eigenvalue weighted by atomic mass is 32.2. The molecule has 23 heavy (non-hydrogen) atoms. The van der Waals surface area contributed by atoms with Gasteiger partial charge in [0.2, 0.25) is 10.0 Å². The molecule has 9 heteroatoms. The highest BCUT2D eigenvalue weighted by molar-refractivity contribution is 7.89. The lowest BCUT2D eigenvalue weighted by atomic mass is 10.2. The number of nitrogens with one attached hydrogen (secondary N) is 1. The molecule has 2 rings (SSSR count). The van der Waals surface area contributed by atoms with Gasteiger partial charge in [-0.3, -0.25) is 4.68 Å². The van der Waals surface area contributed by atoms with Crippen molar-refractivity contribution >= 4 is 10.0 Å². The molecule has 0 aliphatic carbocycles. The summed E-state index contributed by atoms with van der Waals surface area (Å²) in [6.45, 7) is -0.563. The number of hydrogen-bond donors (Lipinski definition) is 1. The molecule has 0 saturated carbocycles. The molecule has 6 nitrogen and oxygen atoms in total. The van der Waals surface area contributed by atoms with Crippen LogP contribution in [0.25, 0.3) is 0 Å². The van der Waals surface area contributed by atoms with Crippen LogP contribution in [0.3, 0.4) is 0 Å². The minimum absolute atomic E-state index is 0.0344. The normalized spacial score (nSPS) is 13.2. The van der Waals surface area contributed by atoms with Gasteiger partial charge in [-0.2, -0.15) is 13.9 Å². The molecule has 0 amide bonds. The smallest absolute Gasteiger partial charge is 0.387 e. The maximum atomic E-state index is 12.4. The summed E-state index contributed by atoms with van der Waals surface area (Å²) in [7, 11) is -3.95. The lowest BCUT2D eigenvalue weighted by Crippen LogP contribution is -2.30.